The van der Waals surface area contributed by atoms with Crippen molar-refractivity contribution in [3.05, 3.63) is 48.8 Å². The lowest BCUT2D eigenvalue weighted by Crippen LogP contribution is -2.71. The molecule has 2 aliphatic rings. The first-order valence-electron chi connectivity index (χ1n) is 9.95. The topological polar surface area (TPSA) is 58.8 Å². The Morgan fingerprint density at radius 3 is 2.67 bits per heavy atom. The van der Waals surface area contributed by atoms with Crippen LogP contribution in [0.5, 0.6) is 5.75 Å². The van der Waals surface area contributed by atoms with E-state index in [1.54, 1.807) is 18.5 Å². The Balaban J connectivity index is 1.38. The molecule has 0 N–H and O–H groups in total. The molecule has 0 atom stereocenters. The fourth-order valence-corrected chi connectivity index (χ4v) is 5.00. The van der Waals surface area contributed by atoms with Crippen molar-refractivity contribution in [1.29, 1.82) is 0 Å². The molecule has 8 heteroatoms. The van der Waals surface area contributed by atoms with Crippen LogP contribution in [0.4, 0.5) is 10.1 Å². The van der Waals surface area contributed by atoms with Gasteiger partial charge in [0.2, 0.25) is 0 Å². The van der Waals surface area contributed by atoms with Crippen molar-refractivity contribution in [1.82, 2.24) is 24.5 Å². The summed E-state index contributed by atoms with van der Waals surface area (Å²) in [4.78, 5) is 13.7. The van der Waals surface area contributed by atoms with Gasteiger partial charge in [-0.2, -0.15) is 5.10 Å². The van der Waals surface area contributed by atoms with E-state index in [1.807, 2.05) is 23.0 Å². The smallest absolute Gasteiger partial charge is 0.167 e. The summed E-state index contributed by atoms with van der Waals surface area (Å²) >= 11 is 0. The molecule has 2 fully saturated rings. The van der Waals surface area contributed by atoms with E-state index in [-0.39, 0.29) is 5.75 Å². The van der Waals surface area contributed by atoms with E-state index in [0.29, 0.717) is 10.9 Å². The summed E-state index contributed by atoms with van der Waals surface area (Å²) < 4.78 is 21.1. The predicted octanol–water partition coefficient (Wildman–Crippen LogP) is 2.84. The molecule has 2 saturated heterocycles. The van der Waals surface area contributed by atoms with E-state index >= 15 is 0 Å². The minimum absolute atomic E-state index is 0.192. The Morgan fingerprint density at radius 1 is 1.07 bits per heavy atom. The lowest BCUT2D eigenvalue weighted by Gasteiger charge is -2.60. The Bertz CT molecular complexity index is 1290. The molecule has 5 heterocycles. The highest BCUT2D eigenvalue weighted by molar-refractivity contribution is 5.98. The molecule has 0 radical (unpaired) electrons. The molecule has 3 aromatic heterocycles. The normalized spacial score (nSPS) is 18.0. The average molecular weight is 404 g/mol. The number of hydrogen-bond donors (Lipinski definition) is 0. The van der Waals surface area contributed by atoms with Crippen LogP contribution in [0.1, 0.15) is 0 Å². The van der Waals surface area contributed by atoms with Gasteiger partial charge in [-0.05, 0) is 24.7 Å². The molecule has 0 bridgehead atoms. The maximum absolute atomic E-state index is 14.1. The molecule has 7 nitrogen and oxygen atoms in total. The first-order valence-corrected chi connectivity index (χ1v) is 9.95. The zero-order chi connectivity index (χ0) is 20.5. The van der Waals surface area contributed by atoms with Gasteiger partial charge < -0.3 is 14.5 Å². The summed E-state index contributed by atoms with van der Waals surface area (Å²) in [5.74, 6) is -0.237. The van der Waals surface area contributed by atoms with Crippen LogP contribution in [0.25, 0.3) is 27.7 Å². The minimum Gasteiger partial charge on any atom is -0.494 e. The van der Waals surface area contributed by atoms with Crippen molar-refractivity contribution in [2.24, 2.45) is 5.41 Å². The quantitative estimate of drug-likeness (QED) is 0.523. The number of pyridine rings is 1. The predicted molar refractivity (Wildman–Crippen MR) is 112 cm³/mol. The van der Waals surface area contributed by atoms with Gasteiger partial charge in [-0.25, -0.2) is 13.9 Å². The molecule has 152 valence electrons. The zero-order valence-electron chi connectivity index (χ0n) is 16.8. The number of rotatable bonds is 3. The second-order valence-corrected chi connectivity index (χ2v) is 8.53. The molecular formula is C22H21FN6O. The van der Waals surface area contributed by atoms with E-state index in [1.165, 1.54) is 26.3 Å². The van der Waals surface area contributed by atoms with Gasteiger partial charge in [-0.15, -0.1) is 0 Å². The fourth-order valence-electron chi connectivity index (χ4n) is 5.00. The number of likely N-dealkylation sites (tertiary alicyclic amines) is 1. The number of methoxy groups -OCH3 is 1. The van der Waals surface area contributed by atoms with Crippen molar-refractivity contribution >= 4 is 22.2 Å². The van der Waals surface area contributed by atoms with Crippen molar-refractivity contribution in [2.45, 2.75) is 0 Å². The molecule has 2 aliphatic heterocycles. The van der Waals surface area contributed by atoms with Crippen LogP contribution < -0.4 is 9.64 Å². The van der Waals surface area contributed by atoms with Crippen LogP contribution in [-0.2, 0) is 0 Å². The van der Waals surface area contributed by atoms with E-state index in [2.05, 4.69) is 26.9 Å². The van der Waals surface area contributed by atoms with Crippen LogP contribution in [-0.4, -0.2) is 64.8 Å². The zero-order valence-corrected chi connectivity index (χ0v) is 16.8. The molecule has 6 rings (SSSR count). The van der Waals surface area contributed by atoms with Crippen molar-refractivity contribution in [2.75, 3.05) is 45.2 Å². The summed E-state index contributed by atoms with van der Waals surface area (Å²) in [6.07, 6.45) is 7.43. The minimum atomic E-state index is -0.428. The van der Waals surface area contributed by atoms with Gasteiger partial charge in [0.05, 0.1) is 36.9 Å². The first kappa shape index (κ1) is 17.6. The molecule has 1 aromatic carbocycles. The summed E-state index contributed by atoms with van der Waals surface area (Å²) in [6.45, 7) is 4.48. The highest BCUT2D eigenvalue weighted by Gasteiger charge is 2.50. The van der Waals surface area contributed by atoms with E-state index in [9.17, 15) is 4.39 Å². The molecule has 4 aromatic rings. The van der Waals surface area contributed by atoms with Gasteiger partial charge in [0.25, 0.3) is 0 Å². The molecule has 0 amide bonds. The van der Waals surface area contributed by atoms with E-state index < -0.39 is 5.82 Å². The van der Waals surface area contributed by atoms with Crippen LogP contribution in [0, 0.1) is 11.2 Å². The van der Waals surface area contributed by atoms with Crippen molar-refractivity contribution in [3.8, 4) is 16.9 Å². The van der Waals surface area contributed by atoms with Crippen LogP contribution in [0.15, 0.2) is 43.0 Å². The SMILES string of the molecule is COc1cc2c(-c3cnn4cc(N5CC6(CN(C)C6)C5)cnc34)ccnc2cc1F. The number of hydrogen-bond acceptors (Lipinski definition) is 6. The lowest BCUT2D eigenvalue weighted by atomic mass is 9.73. The molecular weight excluding hydrogens is 383 g/mol. The fraction of sp³-hybridized carbons (Fsp3) is 0.318. The first-order chi connectivity index (χ1) is 14.5. The van der Waals surface area contributed by atoms with Crippen LogP contribution in [0.3, 0.4) is 0 Å². The van der Waals surface area contributed by atoms with Crippen LogP contribution >= 0.6 is 0 Å². The van der Waals surface area contributed by atoms with Gasteiger partial charge in [-0.1, -0.05) is 0 Å². The summed E-state index contributed by atoms with van der Waals surface area (Å²) in [5.41, 5.74) is 4.65. The number of benzene rings is 1. The van der Waals surface area contributed by atoms with Crippen molar-refractivity contribution < 1.29 is 9.13 Å². The maximum Gasteiger partial charge on any atom is 0.167 e. The van der Waals surface area contributed by atoms with Crippen molar-refractivity contribution in [3.63, 3.8) is 0 Å². The van der Waals surface area contributed by atoms with Gasteiger partial charge in [0.1, 0.15) is 0 Å². The summed E-state index contributed by atoms with van der Waals surface area (Å²) in [7, 11) is 3.62. The largest absolute Gasteiger partial charge is 0.494 e. The van der Waals surface area contributed by atoms with Gasteiger partial charge >= 0.3 is 0 Å². The second kappa shape index (κ2) is 6.12. The maximum atomic E-state index is 14.1. The Labute approximate surface area is 172 Å². The molecule has 0 unspecified atom stereocenters. The highest BCUT2D eigenvalue weighted by atomic mass is 19.1. The second-order valence-electron chi connectivity index (χ2n) is 8.53. The number of fused-ring (bicyclic) bond motifs is 2. The van der Waals surface area contributed by atoms with E-state index in [4.69, 9.17) is 9.72 Å². The average Bonchev–Trinajstić information content (AvgIpc) is 3.11. The number of halogens is 1. The summed E-state index contributed by atoms with van der Waals surface area (Å²) in [5, 5.41) is 5.34. The Kier molecular flexibility index (Phi) is 3.59. The standard InChI is InChI=1S/C22H21FN6O/c1-27-10-22(11-27)12-28(13-22)14-7-25-21-17(8-26-29(21)9-14)15-3-4-24-19-6-18(23)20(30-2)5-16(15)19/h3-9H,10-13H2,1-2H3. The third kappa shape index (κ3) is 2.50. The van der Waals surface area contributed by atoms with Gasteiger partial charge in [-0.3, -0.25) is 4.98 Å². The third-order valence-corrected chi connectivity index (χ3v) is 6.28. The third-order valence-electron chi connectivity index (χ3n) is 6.28. The molecule has 1 spiro atoms. The molecule has 0 aliphatic carbocycles. The van der Waals surface area contributed by atoms with Crippen LogP contribution in [0.2, 0.25) is 0 Å². The van der Waals surface area contributed by atoms with Gasteiger partial charge in [0, 0.05) is 54.8 Å². The van der Waals surface area contributed by atoms with Gasteiger partial charge in [0.15, 0.2) is 17.2 Å². The molecule has 0 saturated carbocycles. The Hall–Kier alpha value is -3.26. The monoisotopic (exact) mass is 404 g/mol. The highest BCUT2D eigenvalue weighted by Crippen LogP contribution is 2.41. The Morgan fingerprint density at radius 2 is 1.90 bits per heavy atom. The summed E-state index contributed by atoms with van der Waals surface area (Å²) in [6, 6.07) is 4.98. The lowest BCUT2D eigenvalue weighted by molar-refractivity contribution is -0.00246. The number of aromatic nitrogens is 4. The number of ether oxygens (including phenoxy) is 1. The number of anilines is 1. The number of nitrogens with zero attached hydrogens (tertiary/aromatic N) is 6. The molecule has 30 heavy (non-hydrogen) atoms. The van der Waals surface area contributed by atoms with E-state index in [0.717, 1.165) is 40.9 Å².